The molecule has 1 spiro atoms. The van der Waals surface area contributed by atoms with E-state index in [0.29, 0.717) is 37.0 Å². The van der Waals surface area contributed by atoms with Gasteiger partial charge in [0.2, 0.25) is 6.79 Å². The van der Waals surface area contributed by atoms with Crippen LogP contribution >= 0.6 is 0 Å². The molecule has 2 fully saturated rings. The molecule has 2 saturated heterocycles. The lowest BCUT2D eigenvalue weighted by Gasteiger charge is -2.39. The lowest BCUT2D eigenvalue weighted by atomic mass is 9.96. The molecule has 3 aliphatic heterocycles. The van der Waals surface area contributed by atoms with Gasteiger partial charge in [-0.2, -0.15) is 4.98 Å². The first-order chi connectivity index (χ1) is 15.2. The first-order valence-corrected chi connectivity index (χ1v) is 10.5. The van der Waals surface area contributed by atoms with Gasteiger partial charge < -0.3 is 23.7 Å². The number of allylic oxidation sites excluding steroid dienone is 2. The SMILES string of the molecule is O=c1nc(C2=CCC3(C=C2)OCO3)c2cc3c(cc2n1CCN1CCOCC1)OCO3. The van der Waals surface area contributed by atoms with Crippen molar-refractivity contribution in [3.8, 4) is 11.5 Å². The molecular formula is C22H23N3O6. The number of hydrogen-bond donors (Lipinski definition) is 0. The molecule has 31 heavy (non-hydrogen) atoms. The van der Waals surface area contributed by atoms with Crippen LogP contribution in [0.2, 0.25) is 0 Å². The Kier molecular flexibility index (Phi) is 4.57. The summed E-state index contributed by atoms with van der Waals surface area (Å²) in [4.78, 5) is 19.9. The summed E-state index contributed by atoms with van der Waals surface area (Å²) in [6.07, 6.45) is 6.37. The van der Waals surface area contributed by atoms with E-state index in [1.807, 2.05) is 30.4 Å². The second kappa shape index (κ2) is 7.45. The molecule has 0 amide bonds. The van der Waals surface area contributed by atoms with E-state index in [-0.39, 0.29) is 12.5 Å². The number of aromatic nitrogens is 2. The van der Waals surface area contributed by atoms with E-state index in [9.17, 15) is 4.79 Å². The Hall–Kier alpha value is -2.72. The molecule has 2 aromatic rings. The van der Waals surface area contributed by atoms with Crippen molar-refractivity contribution in [3.63, 3.8) is 0 Å². The van der Waals surface area contributed by atoms with E-state index >= 15 is 0 Å². The van der Waals surface area contributed by atoms with Crippen LogP contribution in [0.1, 0.15) is 12.1 Å². The summed E-state index contributed by atoms with van der Waals surface area (Å²) >= 11 is 0. The van der Waals surface area contributed by atoms with Gasteiger partial charge in [0.1, 0.15) is 0 Å². The van der Waals surface area contributed by atoms with Crippen LogP contribution < -0.4 is 15.2 Å². The standard InChI is InChI=1S/C22H23N3O6/c26-21-23-20(15-1-3-22(4-2-15)30-14-31-22)16-11-18-19(29-13-28-18)12-17(16)25(21)6-5-24-7-9-27-10-8-24/h1-3,11-12H,4-10,13-14H2. The van der Waals surface area contributed by atoms with Crippen LogP contribution in [-0.4, -0.2) is 66.7 Å². The predicted octanol–water partition coefficient (Wildman–Crippen LogP) is 1.50. The molecule has 6 rings (SSSR count). The summed E-state index contributed by atoms with van der Waals surface area (Å²) in [7, 11) is 0. The van der Waals surface area contributed by atoms with E-state index in [4.69, 9.17) is 23.7 Å². The van der Waals surface area contributed by atoms with Crippen molar-refractivity contribution in [1.82, 2.24) is 14.5 Å². The number of ether oxygens (including phenoxy) is 5. The Bertz CT molecular complexity index is 1140. The molecule has 162 valence electrons. The second-order valence-electron chi connectivity index (χ2n) is 7.99. The van der Waals surface area contributed by atoms with Crippen molar-refractivity contribution in [3.05, 3.63) is 46.5 Å². The molecule has 1 aromatic carbocycles. The zero-order valence-electron chi connectivity index (χ0n) is 17.0. The highest BCUT2D eigenvalue weighted by atomic mass is 16.9. The number of hydrogen-bond acceptors (Lipinski definition) is 8. The van der Waals surface area contributed by atoms with Crippen LogP contribution in [0.25, 0.3) is 16.5 Å². The van der Waals surface area contributed by atoms with Gasteiger partial charge in [0.05, 0.1) is 24.4 Å². The van der Waals surface area contributed by atoms with Crippen LogP contribution in [0.4, 0.5) is 0 Å². The largest absolute Gasteiger partial charge is 0.454 e. The van der Waals surface area contributed by atoms with Crippen molar-refractivity contribution in [1.29, 1.82) is 0 Å². The summed E-state index contributed by atoms with van der Waals surface area (Å²) in [6, 6.07) is 3.80. The lowest BCUT2D eigenvalue weighted by molar-refractivity contribution is -0.370. The molecule has 0 unspecified atom stereocenters. The molecule has 0 atom stereocenters. The lowest BCUT2D eigenvalue weighted by Crippen LogP contribution is -2.45. The Morgan fingerprint density at radius 1 is 1.03 bits per heavy atom. The topological polar surface area (TPSA) is 84.3 Å². The van der Waals surface area contributed by atoms with Gasteiger partial charge in [-0.25, -0.2) is 4.79 Å². The molecule has 4 aliphatic rings. The molecule has 0 radical (unpaired) electrons. The monoisotopic (exact) mass is 425 g/mol. The molecule has 0 N–H and O–H groups in total. The van der Waals surface area contributed by atoms with E-state index in [1.165, 1.54) is 0 Å². The van der Waals surface area contributed by atoms with Crippen molar-refractivity contribution < 1.29 is 23.7 Å². The molecule has 9 heteroatoms. The molecule has 9 nitrogen and oxygen atoms in total. The van der Waals surface area contributed by atoms with Gasteiger partial charge in [-0.15, -0.1) is 0 Å². The molecule has 4 heterocycles. The van der Waals surface area contributed by atoms with E-state index in [1.54, 1.807) is 4.57 Å². The van der Waals surface area contributed by atoms with Crippen LogP contribution in [-0.2, 0) is 20.8 Å². The zero-order chi connectivity index (χ0) is 20.8. The second-order valence-corrected chi connectivity index (χ2v) is 7.99. The summed E-state index contributed by atoms with van der Waals surface area (Å²) in [5.74, 6) is 0.647. The van der Waals surface area contributed by atoms with Crippen LogP contribution in [0, 0.1) is 0 Å². The number of nitrogens with zero attached hydrogens (tertiary/aromatic N) is 3. The van der Waals surface area contributed by atoms with Crippen molar-refractivity contribution in [2.45, 2.75) is 18.8 Å². The van der Waals surface area contributed by atoms with Gasteiger partial charge in [0.25, 0.3) is 0 Å². The number of fused-ring (bicyclic) bond motifs is 2. The fourth-order valence-electron chi connectivity index (χ4n) is 4.37. The minimum Gasteiger partial charge on any atom is -0.454 e. The third-order valence-corrected chi connectivity index (χ3v) is 6.22. The maximum Gasteiger partial charge on any atom is 0.348 e. The normalized spacial score (nSPS) is 22.0. The Labute approximate surface area is 178 Å². The van der Waals surface area contributed by atoms with Crippen LogP contribution in [0.3, 0.4) is 0 Å². The average molecular weight is 425 g/mol. The molecular weight excluding hydrogens is 402 g/mol. The highest BCUT2D eigenvalue weighted by molar-refractivity contribution is 5.94. The van der Waals surface area contributed by atoms with Gasteiger partial charge in [-0.05, 0) is 17.7 Å². The first-order valence-electron chi connectivity index (χ1n) is 10.5. The number of morpholine rings is 1. The quantitative estimate of drug-likeness (QED) is 0.729. The Morgan fingerprint density at radius 3 is 2.55 bits per heavy atom. The maximum absolute atomic E-state index is 13.1. The Morgan fingerprint density at radius 2 is 1.84 bits per heavy atom. The smallest absolute Gasteiger partial charge is 0.348 e. The van der Waals surface area contributed by atoms with Crippen LogP contribution in [0.15, 0.2) is 35.2 Å². The summed E-state index contributed by atoms with van der Waals surface area (Å²) < 4.78 is 29.4. The van der Waals surface area contributed by atoms with E-state index in [2.05, 4.69) is 9.88 Å². The molecule has 1 aromatic heterocycles. The van der Waals surface area contributed by atoms with Gasteiger partial charge in [-0.3, -0.25) is 9.47 Å². The van der Waals surface area contributed by atoms with Crippen molar-refractivity contribution >= 4 is 16.5 Å². The van der Waals surface area contributed by atoms with Gasteiger partial charge in [0, 0.05) is 44.1 Å². The third kappa shape index (κ3) is 3.34. The minimum absolute atomic E-state index is 0.173. The number of rotatable bonds is 4. The van der Waals surface area contributed by atoms with E-state index < -0.39 is 5.79 Å². The summed E-state index contributed by atoms with van der Waals surface area (Å²) in [6.45, 7) is 4.96. The average Bonchev–Trinajstić information content (AvgIpc) is 3.24. The molecule has 0 saturated carbocycles. The maximum atomic E-state index is 13.1. The minimum atomic E-state index is -0.662. The van der Waals surface area contributed by atoms with Crippen LogP contribution in [0.5, 0.6) is 11.5 Å². The van der Waals surface area contributed by atoms with Gasteiger partial charge in [-0.1, -0.05) is 12.2 Å². The van der Waals surface area contributed by atoms with Gasteiger partial charge in [0.15, 0.2) is 24.1 Å². The number of benzene rings is 1. The van der Waals surface area contributed by atoms with Gasteiger partial charge >= 0.3 is 5.69 Å². The summed E-state index contributed by atoms with van der Waals surface area (Å²) in [5.41, 5.74) is 2.01. The van der Waals surface area contributed by atoms with E-state index in [0.717, 1.165) is 49.3 Å². The first kappa shape index (κ1) is 19.0. The third-order valence-electron chi connectivity index (χ3n) is 6.22. The highest BCUT2D eigenvalue weighted by Crippen LogP contribution is 2.40. The van der Waals surface area contributed by atoms with Crippen molar-refractivity contribution in [2.24, 2.45) is 0 Å². The fraction of sp³-hybridized carbons (Fsp3) is 0.455. The Balaban J connectivity index is 1.40. The highest BCUT2D eigenvalue weighted by Gasteiger charge is 2.38. The molecule has 1 aliphatic carbocycles. The van der Waals surface area contributed by atoms with Crippen molar-refractivity contribution in [2.75, 3.05) is 46.4 Å². The fourth-order valence-corrected chi connectivity index (χ4v) is 4.37. The summed E-state index contributed by atoms with van der Waals surface area (Å²) in [5, 5.41) is 0.855. The zero-order valence-corrected chi connectivity index (χ0v) is 17.0. The molecule has 0 bridgehead atoms. The predicted molar refractivity (Wildman–Crippen MR) is 111 cm³/mol.